The van der Waals surface area contributed by atoms with Gasteiger partial charge in [-0.15, -0.1) is 0 Å². The van der Waals surface area contributed by atoms with Gasteiger partial charge in [-0.05, 0) is 38.0 Å². The summed E-state index contributed by atoms with van der Waals surface area (Å²) in [5, 5.41) is 0. The molecule has 13 heavy (non-hydrogen) atoms. The van der Waals surface area contributed by atoms with Crippen molar-refractivity contribution in [1.29, 1.82) is 0 Å². The Morgan fingerprint density at radius 2 is 2.15 bits per heavy atom. The summed E-state index contributed by atoms with van der Waals surface area (Å²) in [6.07, 6.45) is 3.16. The van der Waals surface area contributed by atoms with Crippen molar-refractivity contribution in [2.24, 2.45) is 17.3 Å². The second-order valence-corrected chi connectivity index (χ2v) is 4.80. The number of hydrogen-bond donors (Lipinski definition) is 0. The quantitative estimate of drug-likeness (QED) is 0.617. The van der Waals surface area contributed by atoms with Gasteiger partial charge in [-0.3, -0.25) is 4.79 Å². The molecule has 0 saturated heterocycles. The van der Waals surface area contributed by atoms with E-state index in [1.165, 1.54) is 13.5 Å². The van der Waals surface area contributed by atoms with Gasteiger partial charge in [0.05, 0.1) is 12.5 Å². The molecule has 1 fully saturated rings. The van der Waals surface area contributed by atoms with Gasteiger partial charge in [-0.25, -0.2) is 0 Å². The van der Waals surface area contributed by atoms with Crippen molar-refractivity contribution in [3.05, 3.63) is 0 Å². The monoisotopic (exact) mass is 184 g/mol. The standard InChI is InChI=1S/C11H20O2/c1-8(2)9-5-6-11(3,7-9)10(12)13-4/h8-9H,5-7H2,1-4H3/t9-,11+/m0/s1. The van der Waals surface area contributed by atoms with E-state index in [0.717, 1.165) is 12.8 Å². The minimum Gasteiger partial charge on any atom is -0.469 e. The maximum Gasteiger partial charge on any atom is 0.311 e. The van der Waals surface area contributed by atoms with Crippen LogP contribution < -0.4 is 0 Å². The first-order valence-corrected chi connectivity index (χ1v) is 5.08. The number of esters is 1. The maximum atomic E-state index is 11.5. The van der Waals surface area contributed by atoms with Crippen molar-refractivity contribution in [3.8, 4) is 0 Å². The molecular formula is C11H20O2. The molecule has 0 amide bonds. The Hall–Kier alpha value is -0.530. The highest BCUT2D eigenvalue weighted by molar-refractivity contribution is 5.76. The first-order valence-electron chi connectivity index (χ1n) is 5.08. The van der Waals surface area contributed by atoms with E-state index in [1.807, 2.05) is 6.92 Å². The van der Waals surface area contributed by atoms with E-state index in [2.05, 4.69) is 13.8 Å². The van der Waals surface area contributed by atoms with Crippen LogP contribution in [0.2, 0.25) is 0 Å². The van der Waals surface area contributed by atoms with Gasteiger partial charge >= 0.3 is 5.97 Å². The van der Waals surface area contributed by atoms with Crippen LogP contribution in [0, 0.1) is 17.3 Å². The minimum absolute atomic E-state index is 0.0318. The smallest absolute Gasteiger partial charge is 0.311 e. The predicted octanol–water partition coefficient (Wildman–Crippen LogP) is 2.62. The summed E-state index contributed by atoms with van der Waals surface area (Å²) in [4.78, 5) is 11.5. The third kappa shape index (κ3) is 2.04. The van der Waals surface area contributed by atoms with Gasteiger partial charge in [0.1, 0.15) is 0 Å². The van der Waals surface area contributed by atoms with Crippen LogP contribution in [0.25, 0.3) is 0 Å². The maximum absolute atomic E-state index is 11.5. The second-order valence-electron chi connectivity index (χ2n) is 4.80. The molecule has 2 heteroatoms. The average Bonchev–Trinajstić information content (AvgIpc) is 2.48. The first kappa shape index (κ1) is 10.6. The van der Waals surface area contributed by atoms with E-state index in [0.29, 0.717) is 11.8 Å². The van der Waals surface area contributed by atoms with Gasteiger partial charge in [0.25, 0.3) is 0 Å². The summed E-state index contributed by atoms with van der Waals surface area (Å²) in [6, 6.07) is 0. The molecule has 0 N–H and O–H groups in total. The van der Waals surface area contributed by atoms with Crippen LogP contribution in [0.15, 0.2) is 0 Å². The zero-order valence-corrected chi connectivity index (χ0v) is 9.09. The third-order valence-electron chi connectivity index (χ3n) is 3.40. The fourth-order valence-corrected chi connectivity index (χ4v) is 2.29. The topological polar surface area (TPSA) is 26.3 Å². The molecule has 0 aromatic carbocycles. The highest BCUT2D eigenvalue weighted by Crippen LogP contribution is 2.45. The van der Waals surface area contributed by atoms with E-state index in [4.69, 9.17) is 4.74 Å². The Bertz CT molecular complexity index is 198. The number of methoxy groups -OCH3 is 1. The first-order chi connectivity index (χ1) is 5.99. The molecule has 0 bridgehead atoms. The van der Waals surface area contributed by atoms with Gasteiger partial charge in [-0.2, -0.15) is 0 Å². The number of carbonyl (C=O) groups excluding carboxylic acids is 1. The summed E-state index contributed by atoms with van der Waals surface area (Å²) in [6.45, 7) is 6.49. The molecular weight excluding hydrogens is 164 g/mol. The molecule has 0 aromatic heterocycles. The van der Waals surface area contributed by atoms with E-state index in [-0.39, 0.29) is 11.4 Å². The Labute approximate surface area is 80.7 Å². The molecule has 1 aliphatic carbocycles. The van der Waals surface area contributed by atoms with E-state index in [1.54, 1.807) is 0 Å². The highest BCUT2D eigenvalue weighted by Gasteiger charge is 2.42. The summed E-state index contributed by atoms with van der Waals surface area (Å²) < 4.78 is 4.83. The lowest BCUT2D eigenvalue weighted by Crippen LogP contribution is -2.26. The summed E-state index contributed by atoms with van der Waals surface area (Å²) in [5.74, 6) is 1.35. The molecule has 76 valence electrons. The van der Waals surface area contributed by atoms with Gasteiger partial charge in [-0.1, -0.05) is 13.8 Å². The van der Waals surface area contributed by atoms with Crippen molar-refractivity contribution < 1.29 is 9.53 Å². The van der Waals surface area contributed by atoms with Crippen LogP contribution >= 0.6 is 0 Å². The molecule has 1 saturated carbocycles. The summed E-state index contributed by atoms with van der Waals surface area (Å²) in [5.41, 5.74) is -0.205. The summed E-state index contributed by atoms with van der Waals surface area (Å²) >= 11 is 0. The Kier molecular flexibility index (Phi) is 2.99. The molecule has 0 radical (unpaired) electrons. The Balaban J connectivity index is 2.61. The molecule has 1 rings (SSSR count). The summed E-state index contributed by atoms with van der Waals surface area (Å²) in [7, 11) is 1.48. The number of rotatable bonds is 2. The van der Waals surface area contributed by atoms with Crippen molar-refractivity contribution in [3.63, 3.8) is 0 Å². The largest absolute Gasteiger partial charge is 0.469 e. The van der Waals surface area contributed by atoms with Crippen molar-refractivity contribution >= 4 is 5.97 Å². The fourth-order valence-electron chi connectivity index (χ4n) is 2.29. The normalized spacial score (nSPS) is 33.8. The van der Waals surface area contributed by atoms with Crippen molar-refractivity contribution in [2.75, 3.05) is 7.11 Å². The molecule has 1 aliphatic rings. The van der Waals surface area contributed by atoms with Crippen LogP contribution in [0.1, 0.15) is 40.0 Å². The molecule has 0 aliphatic heterocycles. The number of carbonyl (C=O) groups is 1. The number of hydrogen-bond acceptors (Lipinski definition) is 2. The predicted molar refractivity (Wildman–Crippen MR) is 52.3 cm³/mol. The van der Waals surface area contributed by atoms with Gasteiger partial charge in [0.2, 0.25) is 0 Å². The lowest BCUT2D eigenvalue weighted by molar-refractivity contribution is -0.151. The van der Waals surface area contributed by atoms with Gasteiger partial charge in [0.15, 0.2) is 0 Å². The molecule has 0 spiro atoms. The third-order valence-corrected chi connectivity index (χ3v) is 3.40. The van der Waals surface area contributed by atoms with Gasteiger partial charge < -0.3 is 4.74 Å². The van der Waals surface area contributed by atoms with E-state index < -0.39 is 0 Å². The van der Waals surface area contributed by atoms with Crippen LogP contribution in [-0.4, -0.2) is 13.1 Å². The van der Waals surface area contributed by atoms with E-state index >= 15 is 0 Å². The molecule has 0 heterocycles. The second kappa shape index (κ2) is 3.69. The van der Waals surface area contributed by atoms with Gasteiger partial charge in [0, 0.05) is 0 Å². The Morgan fingerprint density at radius 1 is 1.54 bits per heavy atom. The zero-order valence-electron chi connectivity index (χ0n) is 9.09. The zero-order chi connectivity index (χ0) is 10.1. The average molecular weight is 184 g/mol. The SMILES string of the molecule is COC(=O)[C@]1(C)CC[C@H](C(C)C)C1. The fraction of sp³-hybridized carbons (Fsp3) is 0.909. The van der Waals surface area contributed by atoms with Crippen LogP contribution in [-0.2, 0) is 9.53 Å². The molecule has 0 unspecified atom stereocenters. The van der Waals surface area contributed by atoms with Crippen LogP contribution in [0.3, 0.4) is 0 Å². The lowest BCUT2D eigenvalue weighted by Gasteiger charge is -2.21. The van der Waals surface area contributed by atoms with Crippen molar-refractivity contribution in [2.45, 2.75) is 40.0 Å². The lowest BCUT2D eigenvalue weighted by atomic mass is 9.85. The van der Waals surface area contributed by atoms with E-state index in [9.17, 15) is 4.79 Å². The Morgan fingerprint density at radius 3 is 2.54 bits per heavy atom. The molecule has 0 aromatic rings. The minimum atomic E-state index is -0.205. The van der Waals surface area contributed by atoms with Crippen LogP contribution in [0.4, 0.5) is 0 Å². The highest BCUT2D eigenvalue weighted by atomic mass is 16.5. The van der Waals surface area contributed by atoms with Crippen LogP contribution in [0.5, 0.6) is 0 Å². The molecule has 2 nitrogen and oxygen atoms in total. The van der Waals surface area contributed by atoms with Crippen molar-refractivity contribution in [1.82, 2.24) is 0 Å². The number of ether oxygens (including phenoxy) is 1. The molecule has 2 atom stereocenters.